The normalized spacial score (nSPS) is 13.4. The number of nitrogens with one attached hydrogen (secondary N) is 1. The molecular formula is C16H24N2O4. The predicted molar refractivity (Wildman–Crippen MR) is 83.2 cm³/mol. The number of carbonyl (C=O) groups excluding carboxylic acids is 2. The van der Waals surface area contributed by atoms with Crippen LogP contribution in [0, 0.1) is 0 Å². The van der Waals surface area contributed by atoms with E-state index in [1.807, 2.05) is 37.3 Å². The molecule has 1 aromatic carbocycles. The monoisotopic (exact) mass is 308 g/mol. The zero-order chi connectivity index (χ0) is 16.4. The van der Waals surface area contributed by atoms with Crippen molar-refractivity contribution in [2.45, 2.75) is 32.4 Å². The molecule has 0 unspecified atom stereocenters. The smallest absolute Gasteiger partial charge is 0.249 e. The fourth-order valence-corrected chi connectivity index (χ4v) is 1.87. The number of hydrogen-bond acceptors (Lipinski definition) is 4. The van der Waals surface area contributed by atoms with Gasteiger partial charge in [0.15, 0.2) is 0 Å². The van der Waals surface area contributed by atoms with E-state index in [0.29, 0.717) is 26.2 Å². The highest BCUT2D eigenvalue weighted by Crippen LogP contribution is 2.04. The van der Waals surface area contributed by atoms with Crippen molar-refractivity contribution in [3.8, 4) is 0 Å². The Morgan fingerprint density at radius 1 is 1.23 bits per heavy atom. The Balaban J connectivity index is 2.48. The molecule has 0 radical (unpaired) electrons. The summed E-state index contributed by atoms with van der Waals surface area (Å²) in [6.45, 7) is 4.86. The van der Waals surface area contributed by atoms with E-state index < -0.39 is 18.1 Å². The molecule has 1 aromatic rings. The maximum Gasteiger partial charge on any atom is 0.249 e. The molecule has 2 atom stereocenters. The molecule has 0 saturated heterocycles. The summed E-state index contributed by atoms with van der Waals surface area (Å²) in [5, 5.41) is 2.63. The standard InChI is InChI=1S/C16H24N2O4/c1-3-21-9-10-22-12(2)16(20)18-14(15(17)19)11-13-7-5-4-6-8-13/h4-8,12,14H,3,9-11H2,1-2H3,(H2,17,19)(H,18,20)/t12-,14+/m1/s1. The molecule has 0 saturated carbocycles. The van der Waals surface area contributed by atoms with Crippen LogP contribution >= 0.6 is 0 Å². The lowest BCUT2D eigenvalue weighted by atomic mass is 10.1. The molecule has 6 nitrogen and oxygen atoms in total. The Bertz CT molecular complexity index is 464. The van der Waals surface area contributed by atoms with Crippen LogP contribution in [0.25, 0.3) is 0 Å². The van der Waals surface area contributed by atoms with Crippen molar-refractivity contribution in [2.24, 2.45) is 5.73 Å². The maximum absolute atomic E-state index is 12.0. The van der Waals surface area contributed by atoms with E-state index in [0.717, 1.165) is 5.56 Å². The first-order valence-corrected chi connectivity index (χ1v) is 7.37. The number of rotatable bonds is 10. The molecule has 1 rings (SSSR count). The van der Waals surface area contributed by atoms with Crippen LogP contribution in [0.2, 0.25) is 0 Å². The van der Waals surface area contributed by atoms with E-state index in [9.17, 15) is 9.59 Å². The van der Waals surface area contributed by atoms with Crippen LogP contribution in [-0.2, 0) is 25.5 Å². The van der Waals surface area contributed by atoms with Crippen LogP contribution in [0.1, 0.15) is 19.4 Å². The van der Waals surface area contributed by atoms with Gasteiger partial charge in [0, 0.05) is 13.0 Å². The Kier molecular flexibility index (Phi) is 8.17. The topological polar surface area (TPSA) is 90.7 Å². The van der Waals surface area contributed by atoms with Crippen molar-refractivity contribution in [3.05, 3.63) is 35.9 Å². The molecule has 0 spiro atoms. The molecule has 0 aliphatic rings. The number of amides is 2. The number of primary amides is 1. The third-order valence-electron chi connectivity index (χ3n) is 3.11. The van der Waals surface area contributed by atoms with Gasteiger partial charge >= 0.3 is 0 Å². The van der Waals surface area contributed by atoms with E-state index >= 15 is 0 Å². The van der Waals surface area contributed by atoms with Gasteiger partial charge < -0.3 is 20.5 Å². The maximum atomic E-state index is 12.0. The summed E-state index contributed by atoms with van der Waals surface area (Å²) in [5.41, 5.74) is 6.29. The first kappa shape index (κ1) is 18.1. The molecule has 0 bridgehead atoms. The second kappa shape index (κ2) is 9.92. The van der Waals surface area contributed by atoms with E-state index in [2.05, 4.69) is 5.32 Å². The van der Waals surface area contributed by atoms with Crippen molar-refractivity contribution >= 4 is 11.8 Å². The van der Waals surface area contributed by atoms with Crippen molar-refractivity contribution in [3.63, 3.8) is 0 Å². The fraction of sp³-hybridized carbons (Fsp3) is 0.500. The lowest BCUT2D eigenvalue weighted by molar-refractivity contribution is -0.135. The molecule has 0 aromatic heterocycles. The number of benzene rings is 1. The number of hydrogen-bond donors (Lipinski definition) is 2. The Labute approximate surface area is 131 Å². The highest BCUT2D eigenvalue weighted by Gasteiger charge is 2.22. The van der Waals surface area contributed by atoms with Crippen LogP contribution in [-0.4, -0.2) is 43.8 Å². The van der Waals surface area contributed by atoms with Gasteiger partial charge in [-0.3, -0.25) is 9.59 Å². The van der Waals surface area contributed by atoms with Crippen molar-refractivity contribution < 1.29 is 19.1 Å². The summed E-state index contributed by atoms with van der Waals surface area (Å²) in [4.78, 5) is 23.5. The zero-order valence-electron chi connectivity index (χ0n) is 13.1. The SMILES string of the molecule is CCOCCO[C@H](C)C(=O)N[C@@H](Cc1ccccc1)C(N)=O. The van der Waals surface area contributed by atoms with Crippen molar-refractivity contribution in [1.82, 2.24) is 5.32 Å². The Morgan fingerprint density at radius 2 is 1.91 bits per heavy atom. The van der Waals surface area contributed by atoms with Gasteiger partial charge in [-0.1, -0.05) is 30.3 Å². The van der Waals surface area contributed by atoms with E-state index in [1.54, 1.807) is 6.92 Å². The van der Waals surface area contributed by atoms with Crippen LogP contribution < -0.4 is 11.1 Å². The summed E-state index contributed by atoms with van der Waals surface area (Å²) >= 11 is 0. The average Bonchev–Trinajstić information content (AvgIpc) is 2.51. The third kappa shape index (κ3) is 6.69. The molecule has 122 valence electrons. The van der Waals surface area contributed by atoms with Gasteiger partial charge in [0.25, 0.3) is 0 Å². The minimum atomic E-state index is -0.757. The summed E-state index contributed by atoms with van der Waals surface area (Å²) in [6, 6.07) is 8.63. The number of ether oxygens (including phenoxy) is 2. The largest absolute Gasteiger partial charge is 0.379 e. The lowest BCUT2D eigenvalue weighted by Crippen LogP contribution is -2.49. The Hall–Kier alpha value is -1.92. The molecule has 0 aliphatic heterocycles. The fourth-order valence-electron chi connectivity index (χ4n) is 1.87. The first-order valence-electron chi connectivity index (χ1n) is 7.37. The lowest BCUT2D eigenvalue weighted by Gasteiger charge is -2.19. The third-order valence-corrected chi connectivity index (χ3v) is 3.11. The van der Waals surface area contributed by atoms with E-state index in [-0.39, 0.29) is 5.91 Å². The Morgan fingerprint density at radius 3 is 2.50 bits per heavy atom. The molecule has 0 heterocycles. The average molecular weight is 308 g/mol. The zero-order valence-corrected chi connectivity index (χ0v) is 13.1. The van der Waals surface area contributed by atoms with Crippen LogP contribution in [0.3, 0.4) is 0 Å². The number of carbonyl (C=O) groups is 2. The van der Waals surface area contributed by atoms with Gasteiger partial charge in [0.05, 0.1) is 13.2 Å². The van der Waals surface area contributed by atoms with Crippen molar-refractivity contribution in [1.29, 1.82) is 0 Å². The second-order valence-electron chi connectivity index (χ2n) is 4.86. The van der Waals surface area contributed by atoms with E-state index in [1.165, 1.54) is 0 Å². The molecule has 0 aliphatic carbocycles. The first-order chi connectivity index (χ1) is 10.5. The molecule has 0 fully saturated rings. The van der Waals surface area contributed by atoms with Gasteiger partial charge in [-0.15, -0.1) is 0 Å². The van der Waals surface area contributed by atoms with Crippen LogP contribution in [0.5, 0.6) is 0 Å². The van der Waals surface area contributed by atoms with Gasteiger partial charge in [0.1, 0.15) is 12.1 Å². The minimum absolute atomic E-state index is 0.322. The molecular weight excluding hydrogens is 284 g/mol. The highest BCUT2D eigenvalue weighted by molar-refractivity contribution is 5.88. The summed E-state index contributed by atoms with van der Waals surface area (Å²) < 4.78 is 10.5. The van der Waals surface area contributed by atoms with Gasteiger partial charge in [0.2, 0.25) is 11.8 Å². The summed E-state index contributed by atoms with van der Waals surface area (Å²) in [7, 11) is 0. The van der Waals surface area contributed by atoms with Crippen LogP contribution in [0.15, 0.2) is 30.3 Å². The van der Waals surface area contributed by atoms with Gasteiger partial charge in [-0.05, 0) is 19.4 Å². The molecule has 3 N–H and O–H groups in total. The molecule has 6 heteroatoms. The minimum Gasteiger partial charge on any atom is -0.379 e. The summed E-state index contributed by atoms with van der Waals surface area (Å²) in [6.07, 6.45) is -0.314. The van der Waals surface area contributed by atoms with E-state index in [4.69, 9.17) is 15.2 Å². The van der Waals surface area contributed by atoms with Gasteiger partial charge in [-0.2, -0.15) is 0 Å². The molecule has 2 amide bonds. The number of nitrogens with two attached hydrogens (primary N) is 1. The quantitative estimate of drug-likeness (QED) is 0.621. The van der Waals surface area contributed by atoms with Crippen LogP contribution in [0.4, 0.5) is 0 Å². The highest BCUT2D eigenvalue weighted by atomic mass is 16.5. The summed E-state index contributed by atoms with van der Waals surface area (Å²) in [5.74, 6) is -0.935. The van der Waals surface area contributed by atoms with Crippen molar-refractivity contribution in [2.75, 3.05) is 19.8 Å². The molecule has 22 heavy (non-hydrogen) atoms. The second-order valence-corrected chi connectivity index (χ2v) is 4.86. The predicted octanol–water partition coefficient (Wildman–Crippen LogP) is 0.641. The van der Waals surface area contributed by atoms with Gasteiger partial charge in [-0.25, -0.2) is 0 Å².